The lowest BCUT2D eigenvalue weighted by Gasteiger charge is -2.23. The van der Waals surface area contributed by atoms with Crippen LogP contribution in [0.1, 0.15) is 24.2 Å². The number of carboxylic acid groups (broad SMARTS) is 1. The number of rotatable bonds is 10. The van der Waals surface area contributed by atoms with Crippen molar-refractivity contribution in [3.8, 4) is 17.2 Å². The van der Waals surface area contributed by atoms with E-state index in [1.165, 1.54) is 18.2 Å². The molecular formula is C21H22NO7-. The topological polar surface area (TPSA) is 125 Å². The maximum absolute atomic E-state index is 12.2. The van der Waals surface area contributed by atoms with E-state index in [1.54, 1.807) is 38.1 Å². The number of carbonyl (C=O) groups is 3. The van der Waals surface area contributed by atoms with Crippen molar-refractivity contribution in [1.29, 1.82) is 0 Å². The summed E-state index contributed by atoms with van der Waals surface area (Å²) in [6.45, 7) is 2.56. The second kappa shape index (κ2) is 10.1. The molecule has 29 heavy (non-hydrogen) atoms. The number of ketones is 1. The number of carbonyl (C=O) groups excluding carboxylic acids is 3. The fraction of sp³-hybridized carbons (Fsp3) is 0.286. The Kier molecular flexibility index (Phi) is 7.59. The number of benzene rings is 2. The molecule has 0 fully saturated rings. The van der Waals surface area contributed by atoms with Crippen LogP contribution in [0.2, 0.25) is 0 Å². The van der Waals surface area contributed by atoms with Gasteiger partial charge in [0.05, 0.1) is 17.6 Å². The predicted octanol–water partition coefficient (Wildman–Crippen LogP) is 0.923. The zero-order chi connectivity index (χ0) is 21.4. The minimum atomic E-state index is -1.38. The molecule has 0 saturated carbocycles. The molecule has 2 aromatic rings. The van der Waals surface area contributed by atoms with E-state index in [0.717, 1.165) is 0 Å². The molecule has 0 unspecified atom stereocenters. The normalized spacial score (nSPS) is 11.6. The molecule has 154 valence electrons. The summed E-state index contributed by atoms with van der Waals surface area (Å²) in [5, 5.41) is 23.4. The second-order valence-corrected chi connectivity index (χ2v) is 6.60. The number of aliphatic carboxylic acids is 1. The Morgan fingerprint density at radius 1 is 1.00 bits per heavy atom. The molecule has 2 N–H and O–H groups in total. The van der Waals surface area contributed by atoms with Crippen molar-refractivity contribution in [3.63, 3.8) is 0 Å². The first-order chi connectivity index (χ1) is 13.8. The van der Waals surface area contributed by atoms with Crippen LogP contribution in [0.15, 0.2) is 48.5 Å². The molecular weight excluding hydrogens is 378 g/mol. The summed E-state index contributed by atoms with van der Waals surface area (Å²) in [5.74, 6) is -2.45. The van der Waals surface area contributed by atoms with Crippen LogP contribution in [0.25, 0.3) is 0 Å². The summed E-state index contributed by atoms with van der Waals surface area (Å²) in [6, 6.07) is 11.6. The number of para-hydroxylation sites is 1. The van der Waals surface area contributed by atoms with Gasteiger partial charge < -0.3 is 29.8 Å². The summed E-state index contributed by atoms with van der Waals surface area (Å²) in [4.78, 5) is 35.1. The largest absolute Gasteiger partial charge is 0.548 e. The number of Topliss-reactive ketones (excluding diaryl/α,β-unsaturated/α-hetero) is 1. The van der Waals surface area contributed by atoms with E-state index in [9.17, 15) is 24.6 Å². The van der Waals surface area contributed by atoms with E-state index in [2.05, 4.69) is 5.32 Å². The van der Waals surface area contributed by atoms with Crippen LogP contribution in [0.4, 0.5) is 0 Å². The van der Waals surface area contributed by atoms with Gasteiger partial charge in [0, 0.05) is 6.07 Å². The maximum Gasteiger partial charge on any atom is 0.258 e. The zero-order valence-electron chi connectivity index (χ0n) is 16.1. The SMILES string of the molecule is CC(C)[C@H](NC(=O)COc1ccc(C(=O)COc2ccccc2)c(O)c1)C(=O)[O-]. The van der Waals surface area contributed by atoms with Crippen molar-refractivity contribution in [2.24, 2.45) is 5.92 Å². The first-order valence-electron chi connectivity index (χ1n) is 8.95. The van der Waals surface area contributed by atoms with Gasteiger partial charge in [0.15, 0.2) is 13.2 Å². The van der Waals surface area contributed by atoms with Gasteiger partial charge in [-0.05, 0) is 30.2 Å². The molecule has 0 aliphatic rings. The van der Waals surface area contributed by atoms with Gasteiger partial charge in [-0.25, -0.2) is 0 Å². The highest BCUT2D eigenvalue weighted by atomic mass is 16.5. The maximum atomic E-state index is 12.2. The van der Waals surface area contributed by atoms with E-state index in [0.29, 0.717) is 5.75 Å². The Morgan fingerprint density at radius 2 is 1.66 bits per heavy atom. The van der Waals surface area contributed by atoms with E-state index >= 15 is 0 Å². The van der Waals surface area contributed by atoms with Crippen molar-refractivity contribution in [2.45, 2.75) is 19.9 Å². The first-order valence-corrected chi connectivity index (χ1v) is 8.95. The van der Waals surface area contributed by atoms with E-state index in [-0.39, 0.29) is 29.6 Å². The minimum Gasteiger partial charge on any atom is -0.548 e. The minimum absolute atomic E-state index is 0.0505. The van der Waals surface area contributed by atoms with Gasteiger partial charge in [-0.1, -0.05) is 32.0 Å². The van der Waals surface area contributed by atoms with Crippen LogP contribution in [0.5, 0.6) is 17.2 Å². The summed E-state index contributed by atoms with van der Waals surface area (Å²) in [5.41, 5.74) is 0.0505. The van der Waals surface area contributed by atoms with Gasteiger partial charge in [0.2, 0.25) is 5.78 Å². The molecule has 2 aromatic carbocycles. The molecule has 1 amide bonds. The molecule has 2 rings (SSSR count). The number of amides is 1. The third-order valence-corrected chi connectivity index (χ3v) is 3.99. The van der Waals surface area contributed by atoms with Gasteiger partial charge in [-0.3, -0.25) is 9.59 Å². The molecule has 0 heterocycles. The van der Waals surface area contributed by atoms with Crippen LogP contribution >= 0.6 is 0 Å². The Balaban J connectivity index is 1.90. The third-order valence-electron chi connectivity index (χ3n) is 3.99. The standard InChI is InChI=1S/C21H23NO7/c1-13(2)20(21(26)27)22-19(25)12-29-15-8-9-16(17(23)10-15)18(24)11-28-14-6-4-3-5-7-14/h3-10,13,20,23H,11-12H2,1-2H3,(H,22,25)(H,26,27)/p-1/t20-/m0/s1. The average molecular weight is 400 g/mol. The van der Waals surface area contributed by atoms with E-state index < -0.39 is 30.3 Å². The van der Waals surface area contributed by atoms with Gasteiger partial charge in [-0.2, -0.15) is 0 Å². The van der Waals surface area contributed by atoms with Gasteiger partial charge in [0.1, 0.15) is 17.2 Å². The van der Waals surface area contributed by atoms with Crippen molar-refractivity contribution < 1.29 is 34.1 Å². The fourth-order valence-electron chi connectivity index (χ4n) is 2.44. The molecule has 0 spiro atoms. The molecule has 0 aliphatic carbocycles. The van der Waals surface area contributed by atoms with Crippen molar-refractivity contribution >= 4 is 17.7 Å². The first kappa shape index (κ1) is 21.7. The Hall–Kier alpha value is -3.55. The number of carboxylic acids is 1. The highest BCUT2D eigenvalue weighted by molar-refractivity contribution is 5.99. The highest BCUT2D eigenvalue weighted by Crippen LogP contribution is 2.24. The molecule has 0 aliphatic heterocycles. The Morgan fingerprint density at radius 3 is 2.24 bits per heavy atom. The van der Waals surface area contributed by atoms with Crippen molar-refractivity contribution in [1.82, 2.24) is 5.32 Å². The van der Waals surface area contributed by atoms with Gasteiger partial charge in [-0.15, -0.1) is 0 Å². The number of nitrogens with one attached hydrogen (secondary N) is 1. The monoisotopic (exact) mass is 400 g/mol. The molecule has 1 atom stereocenters. The number of phenolic OH excluding ortho intramolecular Hbond substituents is 1. The fourth-order valence-corrected chi connectivity index (χ4v) is 2.44. The Bertz CT molecular complexity index is 865. The quantitative estimate of drug-likeness (QED) is 0.568. The van der Waals surface area contributed by atoms with Crippen LogP contribution in [-0.2, 0) is 9.59 Å². The highest BCUT2D eigenvalue weighted by Gasteiger charge is 2.18. The van der Waals surface area contributed by atoms with Gasteiger partial charge >= 0.3 is 0 Å². The van der Waals surface area contributed by atoms with Crippen LogP contribution in [0, 0.1) is 5.92 Å². The number of hydrogen-bond donors (Lipinski definition) is 2. The molecule has 8 heteroatoms. The lowest BCUT2D eigenvalue weighted by molar-refractivity contribution is -0.309. The van der Waals surface area contributed by atoms with Crippen LogP contribution < -0.4 is 19.9 Å². The number of hydrogen-bond acceptors (Lipinski definition) is 7. The van der Waals surface area contributed by atoms with E-state index in [4.69, 9.17) is 9.47 Å². The molecule has 0 radical (unpaired) electrons. The van der Waals surface area contributed by atoms with Gasteiger partial charge in [0.25, 0.3) is 5.91 Å². The number of aromatic hydroxyl groups is 1. The lowest BCUT2D eigenvalue weighted by Crippen LogP contribution is -2.51. The average Bonchev–Trinajstić information content (AvgIpc) is 2.69. The molecule has 0 saturated heterocycles. The number of ether oxygens (including phenoxy) is 2. The summed E-state index contributed by atoms with van der Waals surface area (Å²) in [6.07, 6.45) is 0. The van der Waals surface area contributed by atoms with Crippen molar-refractivity contribution in [2.75, 3.05) is 13.2 Å². The second-order valence-electron chi connectivity index (χ2n) is 6.60. The lowest BCUT2D eigenvalue weighted by atomic mass is 10.1. The summed E-state index contributed by atoms with van der Waals surface area (Å²) >= 11 is 0. The van der Waals surface area contributed by atoms with Crippen molar-refractivity contribution in [3.05, 3.63) is 54.1 Å². The molecule has 0 aromatic heterocycles. The molecule has 0 bridgehead atoms. The third kappa shape index (κ3) is 6.53. The predicted molar refractivity (Wildman–Crippen MR) is 102 cm³/mol. The Labute approximate surface area is 168 Å². The van der Waals surface area contributed by atoms with Crippen LogP contribution in [0.3, 0.4) is 0 Å². The van der Waals surface area contributed by atoms with Crippen LogP contribution in [-0.4, -0.2) is 42.0 Å². The number of phenols is 1. The smallest absolute Gasteiger partial charge is 0.258 e. The summed E-state index contributed by atoms with van der Waals surface area (Å²) in [7, 11) is 0. The van der Waals surface area contributed by atoms with E-state index in [1.807, 2.05) is 6.07 Å². The molecule has 8 nitrogen and oxygen atoms in total. The summed E-state index contributed by atoms with van der Waals surface area (Å²) < 4.78 is 10.6. The zero-order valence-corrected chi connectivity index (χ0v) is 16.1.